The molecule has 1 fully saturated rings. The van der Waals surface area contributed by atoms with E-state index in [9.17, 15) is 4.79 Å². The number of benzene rings is 1. The summed E-state index contributed by atoms with van der Waals surface area (Å²) in [4.78, 5) is 19.5. The highest BCUT2D eigenvalue weighted by atomic mass is 79.9. The lowest BCUT2D eigenvalue weighted by Gasteiger charge is -2.29. The molecule has 0 bridgehead atoms. The Morgan fingerprint density at radius 3 is 2.71 bits per heavy atom. The van der Waals surface area contributed by atoms with Crippen LogP contribution in [0.5, 0.6) is 0 Å². The number of H-pyrrole nitrogens is 1. The number of carboxylic acid groups (broad SMARTS) is 1. The lowest BCUT2D eigenvalue weighted by molar-refractivity contribution is 0.185. The van der Waals surface area contributed by atoms with Crippen LogP contribution in [0.15, 0.2) is 45.6 Å². The van der Waals surface area contributed by atoms with Gasteiger partial charge in [0, 0.05) is 45.0 Å². The van der Waals surface area contributed by atoms with E-state index in [1.54, 1.807) is 11.3 Å². The first kappa shape index (κ1) is 20.3. The molecule has 4 N–H and O–H groups in total. The van der Waals surface area contributed by atoms with Gasteiger partial charge in [0.2, 0.25) is 0 Å². The number of fused-ring (bicyclic) bond motifs is 3. The second kappa shape index (κ2) is 8.51. The van der Waals surface area contributed by atoms with E-state index in [0.717, 1.165) is 69.9 Å². The molecular formula is C23H23BrN4O2S. The smallest absolute Gasteiger partial charge is 0.404 e. The van der Waals surface area contributed by atoms with E-state index in [1.807, 2.05) is 0 Å². The molecule has 1 aliphatic carbocycles. The Balaban J connectivity index is 1.48. The van der Waals surface area contributed by atoms with Crippen molar-refractivity contribution in [1.29, 1.82) is 0 Å². The molecule has 0 aliphatic heterocycles. The number of amides is 1. The topological polar surface area (TPSA) is 90.0 Å². The van der Waals surface area contributed by atoms with Crippen LogP contribution in [0.2, 0.25) is 0 Å². The number of hydrogen-bond acceptors (Lipinski definition) is 4. The number of thiophene rings is 1. The normalized spacial score (nSPS) is 19.0. The second-order valence-corrected chi connectivity index (χ2v) is 9.85. The molecule has 3 heterocycles. The zero-order valence-electron chi connectivity index (χ0n) is 16.8. The van der Waals surface area contributed by atoms with Crippen molar-refractivity contribution in [1.82, 2.24) is 15.3 Å². The van der Waals surface area contributed by atoms with E-state index in [2.05, 4.69) is 72.6 Å². The van der Waals surface area contributed by atoms with Gasteiger partial charge in [-0.25, -0.2) is 9.78 Å². The van der Waals surface area contributed by atoms with E-state index in [-0.39, 0.29) is 12.1 Å². The van der Waals surface area contributed by atoms with Crippen molar-refractivity contribution < 1.29 is 9.90 Å². The number of halogens is 1. The van der Waals surface area contributed by atoms with Crippen LogP contribution in [0, 0.1) is 0 Å². The number of carbonyl (C=O) groups is 1. The zero-order chi connectivity index (χ0) is 21.4. The number of rotatable bonds is 5. The van der Waals surface area contributed by atoms with Crippen molar-refractivity contribution in [2.75, 3.05) is 5.32 Å². The number of anilines is 1. The summed E-state index contributed by atoms with van der Waals surface area (Å²) in [7, 11) is 0. The van der Waals surface area contributed by atoms with Crippen molar-refractivity contribution in [3.05, 3.63) is 56.8 Å². The summed E-state index contributed by atoms with van der Waals surface area (Å²) in [6.07, 6.45) is 3.35. The summed E-state index contributed by atoms with van der Waals surface area (Å²) >= 11 is 5.27. The van der Waals surface area contributed by atoms with Gasteiger partial charge in [-0.15, -0.1) is 0 Å². The first-order valence-corrected chi connectivity index (χ1v) is 12.2. The summed E-state index contributed by atoms with van der Waals surface area (Å²) in [5, 5.41) is 21.8. The van der Waals surface area contributed by atoms with Crippen LogP contribution in [0.25, 0.3) is 21.8 Å². The highest BCUT2D eigenvalue weighted by Gasteiger charge is 2.24. The van der Waals surface area contributed by atoms with Crippen LogP contribution in [-0.4, -0.2) is 33.3 Å². The monoisotopic (exact) mass is 498 g/mol. The van der Waals surface area contributed by atoms with Crippen molar-refractivity contribution in [2.45, 2.75) is 44.2 Å². The summed E-state index contributed by atoms with van der Waals surface area (Å²) in [5.41, 5.74) is 4.45. The third-order valence-corrected chi connectivity index (χ3v) is 7.18. The van der Waals surface area contributed by atoms with Crippen molar-refractivity contribution >= 4 is 61.0 Å². The van der Waals surface area contributed by atoms with E-state index in [1.165, 1.54) is 5.56 Å². The van der Waals surface area contributed by atoms with Crippen molar-refractivity contribution in [3.8, 4) is 0 Å². The van der Waals surface area contributed by atoms with Crippen LogP contribution in [0.4, 0.5) is 10.6 Å². The number of aromatic nitrogens is 2. The first-order chi connectivity index (χ1) is 15.0. The molecule has 8 heteroatoms. The molecule has 0 atom stereocenters. The van der Waals surface area contributed by atoms with Gasteiger partial charge in [-0.3, -0.25) is 0 Å². The minimum absolute atomic E-state index is 0.0406. The molecule has 0 saturated heterocycles. The third-order valence-electron chi connectivity index (χ3n) is 5.95. The minimum Gasteiger partial charge on any atom is -0.465 e. The average molecular weight is 499 g/mol. The van der Waals surface area contributed by atoms with Gasteiger partial charge in [-0.2, -0.15) is 11.3 Å². The van der Waals surface area contributed by atoms with E-state index < -0.39 is 6.09 Å². The molecule has 0 unspecified atom stereocenters. The number of nitrogens with one attached hydrogen (secondary N) is 3. The van der Waals surface area contributed by atoms with E-state index >= 15 is 0 Å². The molecular weight excluding hydrogens is 476 g/mol. The molecule has 1 saturated carbocycles. The summed E-state index contributed by atoms with van der Waals surface area (Å²) in [5.74, 6) is 0.908. The molecule has 4 aromatic rings. The molecule has 1 amide bonds. The Hall–Kier alpha value is -2.58. The Morgan fingerprint density at radius 2 is 1.97 bits per heavy atom. The highest BCUT2D eigenvalue weighted by Crippen LogP contribution is 2.34. The fraction of sp³-hybridized carbons (Fsp3) is 0.304. The predicted molar refractivity (Wildman–Crippen MR) is 129 cm³/mol. The van der Waals surface area contributed by atoms with Crippen LogP contribution >= 0.6 is 27.3 Å². The maximum absolute atomic E-state index is 10.9. The molecule has 0 spiro atoms. The van der Waals surface area contributed by atoms with Gasteiger partial charge in [0.15, 0.2) is 0 Å². The van der Waals surface area contributed by atoms with Crippen LogP contribution in [-0.2, 0) is 6.42 Å². The average Bonchev–Trinajstić information content (AvgIpc) is 3.36. The Labute approximate surface area is 192 Å². The first-order valence-electron chi connectivity index (χ1n) is 10.4. The predicted octanol–water partition coefficient (Wildman–Crippen LogP) is 6.12. The van der Waals surface area contributed by atoms with Gasteiger partial charge in [0.1, 0.15) is 5.82 Å². The quantitative estimate of drug-likeness (QED) is 0.266. The largest absolute Gasteiger partial charge is 0.465 e. The number of hydrogen-bond donors (Lipinski definition) is 4. The molecule has 6 nitrogen and oxygen atoms in total. The Bertz CT molecular complexity index is 1230. The van der Waals surface area contributed by atoms with Crippen molar-refractivity contribution in [3.63, 3.8) is 0 Å². The zero-order valence-corrected chi connectivity index (χ0v) is 19.2. The van der Waals surface area contributed by atoms with Crippen LogP contribution < -0.4 is 10.6 Å². The number of nitrogens with zero attached hydrogens (tertiary/aromatic N) is 1. The van der Waals surface area contributed by atoms with Crippen LogP contribution in [0.1, 0.15) is 36.9 Å². The van der Waals surface area contributed by atoms with E-state index in [4.69, 9.17) is 10.1 Å². The second-order valence-electron chi connectivity index (χ2n) is 8.15. The standard InChI is InChI=1S/C23H23BrN4O2S/c24-14-1-6-18-19(10-14)28-20-11-17(9-13-7-8-31-12-13)26-22(21(18)20)25-15-2-4-16(5-3-15)27-23(29)30/h1,6-8,10-12,15-16,27-28H,2-5,9H2,(H,25,26)(H,29,30). The van der Waals surface area contributed by atoms with Gasteiger partial charge in [0.05, 0.1) is 5.52 Å². The maximum atomic E-state index is 10.9. The van der Waals surface area contributed by atoms with Gasteiger partial charge in [-0.1, -0.05) is 22.0 Å². The number of pyridine rings is 1. The molecule has 160 valence electrons. The maximum Gasteiger partial charge on any atom is 0.404 e. The summed E-state index contributed by atoms with van der Waals surface area (Å²) < 4.78 is 1.04. The van der Waals surface area contributed by atoms with Crippen molar-refractivity contribution in [2.24, 2.45) is 0 Å². The minimum atomic E-state index is -0.939. The molecule has 5 rings (SSSR count). The van der Waals surface area contributed by atoms with E-state index in [0.29, 0.717) is 0 Å². The van der Waals surface area contributed by atoms with Gasteiger partial charge in [-0.05, 0) is 66.3 Å². The SMILES string of the molecule is O=C(O)NC1CCC(Nc2nc(Cc3ccsc3)cc3[nH]c4cc(Br)ccc4c23)CC1. The van der Waals surface area contributed by atoms with Gasteiger partial charge < -0.3 is 20.7 Å². The summed E-state index contributed by atoms with van der Waals surface area (Å²) in [6.45, 7) is 0. The lowest BCUT2D eigenvalue weighted by Crippen LogP contribution is -2.39. The Morgan fingerprint density at radius 1 is 1.16 bits per heavy atom. The Kier molecular flexibility index (Phi) is 5.58. The van der Waals surface area contributed by atoms with Crippen LogP contribution in [0.3, 0.4) is 0 Å². The molecule has 1 aromatic carbocycles. The molecule has 3 aromatic heterocycles. The third kappa shape index (κ3) is 4.41. The number of aromatic amines is 1. The highest BCUT2D eigenvalue weighted by molar-refractivity contribution is 9.10. The summed E-state index contributed by atoms with van der Waals surface area (Å²) in [6, 6.07) is 10.9. The molecule has 31 heavy (non-hydrogen) atoms. The molecule has 1 aliphatic rings. The lowest BCUT2D eigenvalue weighted by atomic mass is 9.91. The fourth-order valence-corrected chi connectivity index (χ4v) is 5.53. The van der Waals surface area contributed by atoms with Gasteiger partial charge >= 0.3 is 6.09 Å². The molecule has 0 radical (unpaired) electrons. The van der Waals surface area contributed by atoms with Gasteiger partial charge in [0.25, 0.3) is 0 Å². The fourth-order valence-electron chi connectivity index (χ4n) is 4.50.